The van der Waals surface area contributed by atoms with E-state index >= 15 is 0 Å². The highest BCUT2D eigenvalue weighted by atomic mass is 35.5. The maximum absolute atomic E-state index is 11.5. The van der Waals surface area contributed by atoms with Crippen LogP contribution in [0, 0.1) is 0 Å². The van der Waals surface area contributed by atoms with Gasteiger partial charge in [-0.15, -0.1) is 12.4 Å². The van der Waals surface area contributed by atoms with Crippen LogP contribution in [-0.4, -0.2) is 17.1 Å². The number of ether oxygens (including phenoxy) is 1. The van der Waals surface area contributed by atoms with Crippen molar-refractivity contribution in [1.82, 2.24) is 9.97 Å². The zero-order valence-corrected chi connectivity index (χ0v) is 10.7. The van der Waals surface area contributed by atoms with Crippen molar-refractivity contribution in [3.8, 4) is 0 Å². The first-order chi connectivity index (χ1) is 7.64. The Kier molecular flexibility index (Phi) is 4.68. The molecular weight excluding hydrogens is 242 g/mol. The molecule has 5 nitrogen and oxygen atoms in total. The molecule has 2 rings (SSSR count). The summed E-state index contributed by atoms with van der Waals surface area (Å²) in [6.07, 6.45) is 3.95. The molecule has 0 amide bonds. The number of hydrogen-bond donors (Lipinski definition) is 2. The van der Waals surface area contributed by atoms with Gasteiger partial charge in [0.2, 0.25) is 0 Å². The van der Waals surface area contributed by atoms with E-state index in [-0.39, 0.29) is 18.0 Å². The fraction of sp³-hybridized carbons (Fsp3) is 0.636. The van der Waals surface area contributed by atoms with Crippen LogP contribution in [-0.2, 0) is 16.9 Å². The number of methoxy groups -OCH3 is 1. The first kappa shape index (κ1) is 14.2. The van der Waals surface area contributed by atoms with Crippen molar-refractivity contribution in [2.75, 3.05) is 7.11 Å². The highest BCUT2D eigenvalue weighted by Crippen LogP contribution is 2.33. The molecule has 0 unspecified atom stereocenters. The molecule has 0 aromatic carbocycles. The summed E-state index contributed by atoms with van der Waals surface area (Å²) < 4.78 is 4.98. The van der Waals surface area contributed by atoms with Crippen LogP contribution in [0.4, 0.5) is 0 Å². The van der Waals surface area contributed by atoms with Gasteiger partial charge in [0.25, 0.3) is 5.56 Å². The fourth-order valence-electron chi connectivity index (χ4n) is 2.21. The van der Waals surface area contributed by atoms with Gasteiger partial charge in [-0.05, 0) is 12.8 Å². The molecule has 1 fully saturated rings. The molecule has 0 atom stereocenters. The predicted molar refractivity (Wildman–Crippen MR) is 67.2 cm³/mol. The first-order valence-corrected chi connectivity index (χ1v) is 5.52. The summed E-state index contributed by atoms with van der Waals surface area (Å²) in [7, 11) is 1.58. The zero-order valence-electron chi connectivity index (χ0n) is 9.86. The number of nitrogens with one attached hydrogen (secondary N) is 1. The highest BCUT2D eigenvalue weighted by molar-refractivity contribution is 5.85. The van der Waals surface area contributed by atoms with E-state index in [2.05, 4.69) is 9.97 Å². The topological polar surface area (TPSA) is 81.0 Å². The quantitative estimate of drug-likeness (QED) is 0.851. The minimum Gasteiger partial charge on any atom is -0.378 e. The third kappa shape index (κ3) is 3.06. The molecule has 96 valence electrons. The lowest BCUT2D eigenvalue weighted by molar-refractivity contribution is 0.180. The Balaban J connectivity index is 0.00000144. The van der Waals surface area contributed by atoms with Crippen LogP contribution in [0.3, 0.4) is 0 Å². The average molecular weight is 260 g/mol. The monoisotopic (exact) mass is 259 g/mol. The van der Waals surface area contributed by atoms with Gasteiger partial charge in [-0.1, -0.05) is 12.8 Å². The molecule has 0 saturated heterocycles. The van der Waals surface area contributed by atoms with Gasteiger partial charge >= 0.3 is 0 Å². The second-order valence-corrected chi connectivity index (χ2v) is 4.38. The Hall–Kier alpha value is -0.910. The molecule has 1 aliphatic carbocycles. The summed E-state index contributed by atoms with van der Waals surface area (Å²) >= 11 is 0. The van der Waals surface area contributed by atoms with Gasteiger partial charge in [-0.25, -0.2) is 4.98 Å². The van der Waals surface area contributed by atoms with Gasteiger partial charge in [0.15, 0.2) is 0 Å². The maximum Gasteiger partial charge on any atom is 0.251 e. The third-order valence-corrected chi connectivity index (χ3v) is 3.05. The molecule has 1 aliphatic rings. The number of halogens is 1. The molecule has 0 aliphatic heterocycles. The van der Waals surface area contributed by atoms with E-state index < -0.39 is 5.54 Å². The van der Waals surface area contributed by atoms with Crippen molar-refractivity contribution < 1.29 is 4.74 Å². The van der Waals surface area contributed by atoms with Crippen molar-refractivity contribution in [1.29, 1.82) is 0 Å². The smallest absolute Gasteiger partial charge is 0.251 e. The zero-order chi connectivity index (χ0) is 11.6. The second-order valence-electron chi connectivity index (χ2n) is 4.38. The lowest BCUT2D eigenvalue weighted by Gasteiger charge is -2.22. The van der Waals surface area contributed by atoms with Crippen LogP contribution in [0.15, 0.2) is 10.9 Å². The molecule has 1 aromatic heterocycles. The molecular formula is C11H18ClN3O2. The maximum atomic E-state index is 11.5. The van der Waals surface area contributed by atoms with Gasteiger partial charge in [0, 0.05) is 13.2 Å². The second kappa shape index (κ2) is 5.62. The van der Waals surface area contributed by atoms with Crippen LogP contribution < -0.4 is 11.3 Å². The number of H-pyrrole nitrogens is 1. The molecule has 0 radical (unpaired) electrons. The van der Waals surface area contributed by atoms with E-state index in [0.717, 1.165) is 25.7 Å². The molecule has 0 bridgehead atoms. The summed E-state index contributed by atoms with van der Waals surface area (Å²) in [5.74, 6) is 0.601. The Morgan fingerprint density at radius 1 is 1.53 bits per heavy atom. The average Bonchev–Trinajstić information content (AvgIpc) is 2.66. The van der Waals surface area contributed by atoms with E-state index in [9.17, 15) is 4.79 Å². The number of nitrogens with two attached hydrogens (primary N) is 1. The fourth-order valence-corrected chi connectivity index (χ4v) is 2.21. The van der Waals surface area contributed by atoms with Crippen LogP contribution >= 0.6 is 12.4 Å². The normalized spacial score (nSPS) is 17.8. The van der Waals surface area contributed by atoms with Gasteiger partial charge in [0.1, 0.15) is 5.82 Å². The van der Waals surface area contributed by atoms with E-state index in [1.54, 1.807) is 7.11 Å². The van der Waals surface area contributed by atoms with Crippen LogP contribution in [0.1, 0.15) is 37.2 Å². The van der Waals surface area contributed by atoms with Crippen molar-refractivity contribution in [2.24, 2.45) is 5.73 Å². The Bertz CT molecular complexity index is 427. The van der Waals surface area contributed by atoms with Gasteiger partial charge in [0.05, 0.1) is 17.8 Å². The van der Waals surface area contributed by atoms with Crippen LogP contribution in [0.25, 0.3) is 0 Å². The minimum atomic E-state index is -0.455. The molecule has 1 aromatic rings. The van der Waals surface area contributed by atoms with E-state index in [4.69, 9.17) is 10.5 Å². The molecule has 3 N–H and O–H groups in total. The molecule has 1 heterocycles. The van der Waals surface area contributed by atoms with Crippen LogP contribution in [0.5, 0.6) is 0 Å². The largest absolute Gasteiger partial charge is 0.378 e. The van der Waals surface area contributed by atoms with Crippen molar-refractivity contribution in [2.45, 2.75) is 37.8 Å². The highest BCUT2D eigenvalue weighted by Gasteiger charge is 2.33. The van der Waals surface area contributed by atoms with E-state index in [1.807, 2.05) is 0 Å². The minimum absolute atomic E-state index is 0. The van der Waals surface area contributed by atoms with E-state index in [0.29, 0.717) is 18.1 Å². The lowest BCUT2D eigenvalue weighted by Crippen LogP contribution is -2.37. The molecule has 0 spiro atoms. The summed E-state index contributed by atoms with van der Waals surface area (Å²) in [6.45, 7) is 0.340. The van der Waals surface area contributed by atoms with Gasteiger partial charge in [-0.2, -0.15) is 0 Å². The first-order valence-electron chi connectivity index (χ1n) is 5.52. The van der Waals surface area contributed by atoms with Gasteiger partial charge in [-0.3, -0.25) is 4.79 Å². The standard InChI is InChI=1S/C11H17N3O2.ClH/c1-16-7-8-6-9(15)14-10(13-8)11(12)4-2-3-5-11;/h6H,2-5,7,12H2,1H3,(H,13,14,15);1H. The number of aromatic nitrogens is 2. The van der Waals surface area contributed by atoms with E-state index in [1.165, 1.54) is 6.07 Å². The molecule has 1 saturated carbocycles. The Morgan fingerprint density at radius 2 is 2.18 bits per heavy atom. The summed E-state index contributed by atoms with van der Waals surface area (Å²) in [4.78, 5) is 18.6. The van der Waals surface area contributed by atoms with Gasteiger partial charge < -0.3 is 15.5 Å². The van der Waals surface area contributed by atoms with Crippen molar-refractivity contribution in [3.05, 3.63) is 27.9 Å². The Labute approximate surface area is 106 Å². The van der Waals surface area contributed by atoms with Crippen molar-refractivity contribution >= 4 is 12.4 Å². The summed E-state index contributed by atoms with van der Waals surface area (Å²) in [6, 6.07) is 1.45. The summed E-state index contributed by atoms with van der Waals surface area (Å²) in [5.41, 5.74) is 6.26. The predicted octanol–water partition coefficient (Wildman–Crippen LogP) is 1.07. The number of rotatable bonds is 3. The molecule has 6 heteroatoms. The SMILES string of the molecule is COCc1cc(=O)[nH]c(C2(N)CCCC2)n1.Cl. The van der Waals surface area contributed by atoms with Crippen molar-refractivity contribution in [3.63, 3.8) is 0 Å². The number of hydrogen-bond acceptors (Lipinski definition) is 4. The third-order valence-electron chi connectivity index (χ3n) is 3.05. The Morgan fingerprint density at radius 3 is 2.76 bits per heavy atom. The van der Waals surface area contributed by atoms with Crippen LogP contribution in [0.2, 0.25) is 0 Å². The lowest BCUT2D eigenvalue weighted by atomic mass is 9.98. The summed E-state index contributed by atoms with van der Waals surface area (Å²) in [5, 5.41) is 0. The molecule has 17 heavy (non-hydrogen) atoms. The number of aromatic amines is 1. The number of nitrogens with zero attached hydrogens (tertiary/aromatic N) is 1.